The fraction of sp³-hybridized carbons (Fsp3) is 0.441. The molecule has 0 atom stereocenters. The molecule has 0 N–H and O–H groups in total. The molecule has 37 heavy (non-hydrogen) atoms. The lowest BCUT2D eigenvalue weighted by Gasteiger charge is -2.06. The highest BCUT2D eigenvalue weighted by Crippen LogP contribution is 2.06. The molecule has 0 saturated heterocycles. The molecule has 3 rings (SSSR count). The molecule has 203 valence electrons. The molecule has 0 bridgehead atoms. The molecule has 3 aromatic rings. The van der Waals surface area contributed by atoms with Crippen molar-refractivity contribution >= 4 is 0 Å². The summed E-state index contributed by atoms with van der Waals surface area (Å²) >= 11 is 0. The summed E-state index contributed by atoms with van der Waals surface area (Å²) in [7, 11) is 1.73. The Kier molecular flexibility index (Phi) is 21.0. The average molecular weight is 506 g/mol. The molecule has 0 aromatic heterocycles. The second kappa shape index (κ2) is 23.9. The fourth-order valence-corrected chi connectivity index (χ4v) is 3.36. The quantitative estimate of drug-likeness (QED) is 0.194. The van der Waals surface area contributed by atoms with Crippen LogP contribution in [-0.4, -0.2) is 33.5 Å². The van der Waals surface area contributed by atoms with Crippen LogP contribution in [0.2, 0.25) is 0 Å². The molecule has 1 radical (unpaired) electrons. The van der Waals surface area contributed by atoms with Crippen LogP contribution in [0, 0.1) is 12.5 Å². The summed E-state index contributed by atoms with van der Waals surface area (Å²) in [4.78, 5) is 0. The van der Waals surface area contributed by atoms with Crippen molar-refractivity contribution in [3.8, 4) is 0 Å². The van der Waals surface area contributed by atoms with E-state index in [-0.39, 0.29) is 0 Å². The normalized spacial score (nSPS) is 10.3. The highest BCUT2D eigenvalue weighted by atomic mass is 16.5. The van der Waals surface area contributed by atoms with Gasteiger partial charge in [0.25, 0.3) is 0 Å². The number of unbranched alkanes of at least 4 members (excludes halogenated alkanes) is 1. The van der Waals surface area contributed by atoms with Crippen LogP contribution in [0.15, 0.2) is 91.0 Å². The number of aryl methyl sites for hydroxylation is 1. The molecule has 3 aromatic carbocycles. The zero-order valence-electron chi connectivity index (χ0n) is 23.6. The van der Waals surface area contributed by atoms with Crippen molar-refractivity contribution in [2.75, 3.05) is 33.5 Å². The maximum atomic E-state index is 5.55. The SMILES string of the molecule is CC(C)CCOCCc1ccccc1.CCO[CH]CCCc1ccccc1.COCCc1ccccc1. The third kappa shape index (κ3) is 20.3. The Hall–Kier alpha value is -2.46. The van der Waals surface area contributed by atoms with Gasteiger partial charge in [0.05, 0.1) is 19.8 Å². The van der Waals surface area contributed by atoms with Gasteiger partial charge in [0, 0.05) is 20.3 Å². The topological polar surface area (TPSA) is 27.7 Å². The molecule has 0 aliphatic heterocycles. The Morgan fingerprint density at radius 2 is 1.14 bits per heavy atom. The second-order valence-corrected chi connectivity index (χ2v) is 9.26. The van der Waals surface area contributed by atoms with Crippen LogP contribution < -0.4 is 0 Å². The van der Waals surface area contributed by atoms with Gasteiger partial charge in [-0.1, -0.05) is 105 Å². The minimum atomic E-state index is 0.742. The number of benzene rings is 3. The summed E-state index contributed by atoms with van der Waals surface area (Å²) in [5.74, 6) is 0.742. The summed E-state index contributed by atoms with van der Waals surface area (Å²) in [6.45, 7) is 11.7. The molecule has 0 fully saturated rings. The van der Waals surface area contributed by atoms with Gasteiger partial charge in [-0.15, -0.1) is 0 Å². The molecule has 0 heterocycles. The lowest BCUT2D eigenvalue weighted by Crippen LogP contribution is -2.02. The second-order valence-electron chi connectivity index (χ2n) is 9.26. The van der Waals surface area contributed by atoms with Crippen molar-refractivity contribution in [2.45, 2.75) is 59.3 Å². The van der Waals surface area contributed by atoms with E-state index in [9.17, 15) is 0 Å². The Balaban J connectivity index is 0.000000281. The van der Waals surface area contributed by atoms with Gasteiger partial charge in [-0.05, 0) is 68.1 Å². The molecular formula is C34H49O3. The summed E-state index contributed by atoms with van der Waals surface area (Å²) in [6, 6.07) is 31.4. The van der Waals surface area contributed by atoms with Crippen LogP contribution in [0.25, 0.3) is 0 Å². The first-order valence-electron chi connectivity index (χ1n) is 13.8. The Labute approximate surface area is 227 Å². The van der Waals surface area contributed by atoms with Crippen LogP contribution in [0.5, 0.6) is 0 Å². The van der Waals surface area contributed by atoms with Gasteiger partial charge in [0.2, 0.25) is 0 Å². The standard InChI is InChI=1S/C13H20O.C12H17O.C9H12O/c1-12(2)8-10-14-11-9-13-6-4-3-5-7-13;1-2-13-11-7-6-10-12-8-4-3-5-9-12;1-10-8-7-9-5-3-2-4-6-9/h3-7,12H,8-11H2,1-2H3;3-5,8-9,11H,2,6-7,10H2,1H3;2-6H,7-8H2,1H3. The molecule has 3 heteroatoms. The van der Waals surface area contributed by atoms with Gasteiger partial charge in [-0.25, -0.2) is 0 Å². The monoisotopic (exact) mass is 505 g/mol. The van der Waals surface area contributed by atoms with E-state index in [4.69, 9.17) is 14.2 Å². The number of rotatable bonds is 15. The summed E-state index contributed by atoms with van der Waals surface area (Å²) in [5.41, 5.74) is 4.11. The van der Waals surface area contributed by atoms with Gasteiger partial charge in [0.1, 0.15) is 0 Å². The molecule has 0 spiro atoms. The van der Waals surface area contributed by atoms with Gasteiger partial charge < -0.3 is 14.2 Å². The average Bonchev–Trinajstić information content (AvgIpc) is 2.94. The number of methoxy groups -OCH3 is 1. The van der Waals surface area contributed by atoms with E-state index in [2.05, 4.69) is 80.6 Å². The lowest BCUT2D eigenvalue weighted by molar-refractivity contribution is 0.126. The third-order valence-corrected chi connectivity index (χ3v) is 5.57. The molecule has 0 amide bonds. The Morgan fingerprint density at radius 1 is 0.649 bits per heavy atom. The molecule has 0 saturated carbocycles. The van der Waals surface area contributed by atoms with Crippen molar-refractivity contribution in [3.05, 3.63) is 114 Å². The predicted molar refractivity (Wildman–Crippen MR) is 158 cm³/mol. The maximum Gasteiger partial charge on any atom is 0.0836 e. The van der Waals surface area contributed by atoms with E-state index in [0.29, 0.717) is 0 Å². The van der Waals surface area contributed by atoms with Crippen LogP contribution in [0.1, 0.15) is 56.7 Å². The first kappa shape index (κ1) is 32.6. The zero-order chi connectivity index (χ0) is 26.8. The van der Waals surface area contributed by atoms with Crippen molar-refractivity contribution in [2.24, 2.45) is 5.92 Å². The zero-order valence-corrected chi connectivity index (χ0v) is 23.6. The van der Waals surface area contributed by atoms with Crippen LogP contribution >= 0.6 is 0 Å². The Morgan fingerprint density at radius 3 is 1.59 bits per heavy atom. The predicted octanol–water partition coefficient (Wildman–Crippen LogP) is 8.37. The van der Waals surface area contributed by atoms with Crippen molar-refractivity contribution < 1.29 is 14.2 Å². The Bertz CT molecular complexity index is 835. The van der Waals surface area contributed by atoms with Gasteiger partial charge in [0.15, 0.2) is 0 Å². The van der Waals surface area contributed by atoms with E-state index >= 15 is 0 Å². The largest absolute Gasteiger partial charge is 0.384 e. The van der Waals surface area contributed by atoms with Gasteiger partial charge in [-0.2, -0.15) is 0 Å². The minimum Gasteiger partial charge on any atom is -0.384 e. The fourth-order valence-electron chi connectivity index (χ4n) is 3.36. The summed E-state index contributed by atoms with van der Waals surface area (Å²) < 4.78 is 15.6. The highest BCUT2D eigenvalue weighted by molar-refractivity contribution is 5.15. The maximum absolute atomic E-state index is 5.55. The number of hydrogen-bond acceptors (Lipinski definition) is 3. The first-order chi connectivity index (χ1) is 18.2. The van der Waals surface area contributed by atoms with E-state index in [1.54, 1.807) is 7.11 Å². The number of ether oxygens (including phenoxy) is 3. The van der Waals surface area contributed by atoms with Crippen molar-refractivity contribution in [3.63, 3.8) is 0 Å². The summed E-state index contributed by atoms with van der Waals surface area (Å²) in [6.07, 6.45) is 6.56. The molecule has 0 unspecified atom stereocenters. The van der Waals surface area contributed by atoms with Crippen molar-refractivity contribution in [1.82, 2.24) is 0 Å². The smallest absolute Gasteiger partial charge is 0.0836 e. The van der Waals surface area contributed by atoms with E-state index < -0.39 is 0 Å². The first-order valence-corrected chi connectivity index (χ1v) is 13.8. The third-order valence-electron chi connectivity index (χ3n) is 5.57. The van der Waals surface area contributed by atoms with Gasteiger partial charge in [-0.3, -0.25) is 0 Å². The minimum absolute atomic E-state index is 0.742. The van der Waals surface area contributed by atoms with Crippen molar-refractivity contribution in [1.29, 1.82) is 0 Å². The number of hydrogen-bond donors (Lipinski definition) is 0. The summed E-state index contributed by atoms with van der Waals surface area (Å²) in [5, 5.41) is 0. The van der Waals surface area contributed by atoms with Crippen LogP contribution in [0.3, 0.4) is 0 Å². The highest BCUT2D eigenvalue weighted by Gasteiger charge is 1.95. The van der Waals surface area contributed by atoms with E-state index in [1.165, 1.54) is 23.1 Å². The molecule has 3 nitrogen and oxygen atoms in total. The van der Waals surface area contributed by atoms with E-state index in [0.717, 1.165) is 64.4 Å². The molecule has 0 aliphatic rings. The van der Waals surface area contributed by atoms with Crippen LogP contribution in [0.4, 0.5) is 0 Å². The molecular weight excluding hydrogens is 456 g/mol. The molecule has 0 aliphatic carbocycles. The van der Waals surface area contributed by atoms with Gasteiger partial charge >= 0.3 is 0 Å². The lowest BCUT2D eigenvalue weighted by atomic mass is 10.1. The van der Waals surface area contributed by atoms with Crippen LogP contribution in [-0.2, 0) is 33.5 Å². The van der Waals surface area contributed by atoms with E-state index in [1.807, 2.05) is 37.8 Å².